The molecule has 0 fully saturated rings. The molecular weight excluding hydrogens is 296 g/mol. The SMILES string of the molecule is COC(=O)C(C)(C)COc1ccc(-c2cnc(C=O)cn2)cc1. The number of carbonyl (C=O) groups excluding carboxylic acids is 2. The molecule has 120 valence electrons. The first kappa shape index (κ1) is 16.6. The topological polar surface area (TPSA) is 78.4 Å². The number of hydrogen-bond donors (Lipinski definition) is 0. The number of esters is 1. The number of rotatable bonds is 6. The van der Waals surface area contributed by atoms with Crippen molar-refractivity contribution in [1.82, 2.24) is 9.97 Å². The Kier molecular flexibility index (Phi) is 5.05. The van der Waals surface area contributed by atoms with Crippen molar-refractivity contribution in [1.29, 1.82) is 0 Å². The second-order valence-corrected chi connectivity index (χ2v) is 5.63. The van der Waals surface area contributed by atoms with E-state index in [0.717, 1.165) is 5.56 Å². The van der Waals surface area contributed by atoms with Gasteiger partial charge in [-0.1, -0.05) is 0 Å². The Balaban J connectivity index is 2.04. The van der Waals surface area contributed by atoms with Crippen LogP contribution in [0.4, 0.5) is 0 Å². The number of ether oxygens (including phenoxy) is 2. The summed E-state index contributed by atoms with van der Waals surface area (Å²) < 4.78 is 10.4. The Bertz CT molecular complexity index is 679. The molecule has 6 nitrogen and oxygen atoms in total. The minimum Gasteiger partial charge on any atom is -0.492 e. The molecule has 1 heterocycles. The summed E-state index contributed by atoms with van der Waals surface area (Å²) in [5.74, 6) is 0.322. The molecule has 6 heteroatoms. The van der Waals surface area contributed by atoms with Crippen LogP contribution in [0.2, 0.25) is 0 Å². The van der Waals surface area contributed by atoms with E-state index in [1.165, 1.54) is 13.3 Å². The van der Waals surface area contributed by atoms with Gasteiger partial charge in [-0.2, -0.15) is 0 Å². The van der Waals surface area contributed by atoms with Crippen LogP contribution in [0.1, 0.15) is 24.3 Å². The molecule has 1 aromatic heterocycles. The number of hydrogen-bond acceptors (Lipinski definition) is 6. The molecule has 0 aliphatic carbocycles. The van der Waals surface area contributed by atoms with Gasteiger partial charge in [-0.25, -0.2) is 4.98 Å². The van der Waals surface area contributed by atoms with E-state index in [9.17, 15) is 9.59 Å². The minimum absolute atomic E-state index is 0.215. The van der Waals surface area contributed by atoms with E-state index in [-0.39, 0.29) is 12.6 Å². The van der Waals surface area contributed by atoms with E-state index in [1.807, 2.05) is 12.1 Å². The van der Waals surface area contributed by atoms with Crippen LogP contribution in [-0.2, 0) is 9.53 Å². The standard InChI is InChI=1S/C17H18N2O4/c1-17(2,16(21)22-3)11-23-14-6-4-12(5-7-14)15-9-18-13(10-20)8-19-15/h4-10H,11H2,1-3H3. The molecule has 0 unspecified atom stereocenters. The van der Waals surface area contributed by atoms with Crippen molar-refractivity contribution in [2.45, 2.75) is 13.8 Å². The fraction of sp³-hybridized carbons (Fsp3) is 0.294. The number of benzene rings is 1. The second kappa shape index (κ2) is 7.00. The van der Waals surface area contributed by atoms with Crippen molar-refractivity contribution in [3.8, 4) is 17.0 Å². The van der Waals surface area contributed by atoms with Gasteiger partial charge >= 0.3 is 5.97 Å². The van der Waals surface area contributed by atoms with Crippen LogP contribution in [0.15, 0.2) is 36.7 Å². The smallest absolute Gasteiger partial charge is 0.314 e. The average Bonchev–Trinajstić information content (AvgIpc) is 2.60. The molecule has 0 amide bonds. The van der Waals surface area contributed by atoms with E-state index >= 15 is 0 Å². The molecule has 2 rings (SSSR count). The minimum atomic E-state index is -0.719. The third kappa shape index (κ3) is 4.12. The van der Waals surface area contributed by atoms with Gasteiger partial charge in [0.25, 0.3) is 0 Å². The van der Waals surface area contributed by atoms with Crippen molar-refractivity contribution in [3.05, 3.63) is 42.4 Å². The lowest BCUT2D eigenvalue weighted by atomic mass is 9.95. The first-order chi connectivity index (χ1) is 11.0. The van der Waals surface area contributed by atoms with Crippen LogP contribution in [0.3, 0.4) is 0 Å². The number of carbonyl (C=O) groups is 2. The Labute approximate surface area is 134 Å². The van der Waals surface area contributed by atoms with Crippen LogP contribution >= 0.6 is 0 Å². The Morgan fingerprint density at radius 3 is 2.39 bits per heavy atom. The van der Waals surface area contributed by atoms with Crippen LogP contribution in [0.5, 0.6) is 5.75 Å². The Morgan fingerprint density at radius 2 is 1.87 bits per heavy atom. The molecule has 0 atom stereocenters. The Hall–Kier alpha value is -2.76. The molecule has 0 spiro atoms. The molecule has 0 aliphatic heterocycles. The fourth-order valence-corrected chi connectivity index (χ4v) is 1.87. The maximum Gasteiger partial charge on any atom is 0.314 e. The van der Waals surface area contributed by atoms with Gasteiger partial charge in [0.15, 0.2) is 6.29 Å². The molecule has 0 saturated carbocycles. The van der Waals surface area contributed by atoms with E-state index in [4.69, 9.17) is 9.47 Å². The van der Waals surface area contributed by atoms with Crippen molar-refractivity contribution in [2.24, 2.45) is 5.41 Å². The first-order valence-corrected chi connectivity index (χ1v) is 7.05. The molecular formula is C17H18N2O4. The van der Waals surface area contributed by atoms with Crippen LogP contribution < -0.4 is 4.74 Å². The first-order valence-electron chi connectivity index (χ1n) is 7.05. The lowest BCUT2D eigenvalue weighted by Crippen LogP contribution is -2.32. The van der Waals surface area contributed by atoms with Gasteiger partial charge in [0, 0.05) is 5.56 Å². The van der Waals surface area contributed by atoms with Crippen LogP contribution in [0.25, 0.3) is 11.3 Å². The van der Waals surface area contributed by atoms with Crippen LogP contribution in [0, 0.1) is 5.41 Å². The molecule has 0 N–H and O–H groups in total. The number of aldehydes is 1. The molecule has 2 aromatic rings. The summed E-state index contributed by atoms with van der Waals surface area (Å²) in [6.45, 7) is 3.74. The fourth-order valence-electron chi connectivity index (χ4n) is 1.87. The summed E-state index contributed by atoms with van der Waals surface area (Å²) >= 11 is 0. The number of nitrogens with zero attached hydrogens (tertiary/aromatic N) is 2. The summed E-state index contributed by atoms with van der Waals surface area (Å²) in [5.41, 5.74) is 1.09. The predicted molar refractivity (Wildman–Crippen MR) is 84.1 cm³/mol. The highest BCUT2D eigenvalue weighted by Gasteiger charge is 2.29. The van der Waals surface area contributed by atoms with Crippen molar-refractivity contribution < 1.29 is 19.1 Å². The summed E-state index contributed by atoms with van der Waals surface area (Å²) in [7, 11) is 1.36. The largest absolute Gasteiger partial charge is 0.492 e. The van der Waals surface area contributed by atoms with Gasteiger partial charge < -0.3 is 9.47 Å². The van der Waals surface area contributed by atoms with Crippen molar-refractivity contribution in [3.63, 3.8) is 0 Å². The zero-order valence-electron chi connectivity index (χ0n) is 13.3. The third-order valence-electron chi connectivity index (χ3n) is 3.28. The lowest BCUT2D eigenvalue weighted by molar-refractivity contribution is -0.152. The Morgan fingerprint density at radius 1 is 1.17 bits per heavy atom. The molecule has 0 bridgehead atoms. The summed E-state index contributed by atoms with van der Waals surface area (Å²) in [6, 6.07) is 7.26. The van der Waals surface area contributed by atoms with E-state index in [1.54, 1.807) is 32.2 Å². The van der Waals surface area contributed by atoms with E-state index in [0.29, 0.717) is 23.4 Å². The van der Waals surface area contributed by atoms with Crippen LogP contribution in [-0.4, -0.2) is 35.9 Å². The van der Waals surface area contributed by atoms with Crippen molar-refractivity contribution in [2.75, 3.05) is 13.7 Å². The summed E-state index contributed by atoms with van der Waals surface area (Å²) in [4.78, 5) is 30.3. The third-order valence-corrected chi connectivity index (χ3v) is 3.28. The van der Waals surface area contributed by atoms with Gasteiger partial charge in [-0.15, -0.1) is 0 Å². The predicted octanol–water partition coefficient (Wildman–Crippen LogP) is 2.53. The normalized spacial score (nSPS) is 10.9. The number of aromatic nitrogens is 2. The molecule has 23 heavy (non-hydrogen) atoms. The summed E-state index contributed by atoms with van der Waals surface area (Å²) in [6.07, 6.45) is 3.61. The highest BCUT2D eigenvalue weighted by Crippen LogP contribution is 2.23. The highest BCUT2D eigenvalue weighted by molar-refractivity contribution is 5.76. The molecule has 1 aromatic carbocycles. The van der Waals surface area contributed by atoms with Gasteiger partial charge in [0.2, 0.25) is 0 Å². The molecule has 0 saturated heterocycles. The zero-order chi connectivity index (χ0) is 16.9. The highest BCUT2D eigenvalue weighted by atomic mass is 16.5. The van der Waals surface area contributed by atoms with Gasteiger partial charge in [0.05, 0.1) is 30.6 Å². The van der Waals surface area contributed by atoms with E-state index in [2.05, 4.69) is 9.97 Å². The molecule has 0 aliphatic rings. The second-order valence-electron chi connectivity index (χ2n) is 5.63. The monoisotopic (exact) mass is 314 g/mol. The molecule has 0 radical (unpaired) electrons. The average molecular weight is 314 g/mol. The quantitative estimate of drug-likeness (QED) is 0.602. The zero-order valence-corrected chi connectivity index (χ0v) is 13.3. The number of methoxy groups -OCH3 is 1. The van der Waals surface area contributed by atoms with E-state index < -0.39 is 5.41 Å². The van der Waals surface area contributed by atoms with Crippen molar-refractivity contribution >= 4 is 12.3 Å². The maximum atomic E-state index is 11.6. The van der Waals surface area contributed by atoms with Gasteiger partial charge in [-0.3, -0.25) is 14.6 Å². The summed E-state index contributed by atoms with van der Waals surface area (Å²) in [5, 5.41) is 0. The van der Waals surface area contributed by atoms with Gasteiger partial charge in [0.1, 0.15) is 18.1 Å². The van der Waals surface area contributed by atoms with Gasteiger partial charge in [-0.05, 0) is 38.1 Å². The maximum absolute atomic E-state index is 11.6. The lowest BCUT2D eigenvalue weighted by Gasteiger charge is -2.21.